The Kier molecular flexibility index (Phi) is 5.89. The van der Waals surface area contributed by atoms with E-state index >= 15 is 0 Å². The summed E-state index contributed by atoms with van der Waals surface area (Å²) in [5.41, 5.74) is 4.90. The Morgan fingerprint density at radius 3 is 1.97 bits per heavy atom. The molecule has 0 saturated carbocycles. The van der Waals surface area contributed by atoms with E-state index in [0.717, 1.165) is 38.3 Å². The molecule has 4 aromatic carbocycles. The van der Waals surface area contributed by atoms with Crippen LogP contribution in [0.1, 0.15) is 11.3 Å². The second-order valence-corrected chi connectivity index (χ2v) is 11.5. The topological polar surface area (TPSA) is 30.0 Å². The highest BCUT2D eigenvalue weighted by molar-refractivity contribution is 7.78. The van der Waals surface area contributed by atoms with Gasteiger partial charge in [-0.3, -0.25) is 4.98 Å². The molecule has 5 aromatic rings. The van der Waals surface area contributed by atoms with Crippen molar-refractivity contribution in [3.05, 3.63) is 125 Å². The monoisotopic (exact) mass is 467 g/mol. The van der Waals surface area contributed by atoms with Crippen molar-refractivity contribution in [3.63, 3.8) is 0 Å². The van der Waals surface area contributed by atoms with Gasteiger partial charge in [0.1, 0.15) is 7.14 Å². The zero-order valence-electron chi connectivity index (χ0n) is 18.3. The van der Waals surface area contributed by atoms with Crippen LogP contribution < -0.4 is 10.6 Å². The number of nitrogens with zero attached hydrogens (tertiary/aromatic N) is 1. The molecule has 0 aliphatic rings. The summed E-state index contributed by atoms with van der Waals surface area (Å²) in [5.74, 6) is 0. The fourth-order valence-electron chi connectivity index (χ4n) is 4.17. The lowest BCUT2D eigenvalue weighted by molar-refractivity contribution is 0.586. The van der Waals surface area contributed by atoms with Gasteiger partial charge in [-0.15, -0.1) is 0 Å². The smallest absolute Gasteiger partial charge is 0.149 e. The standard InChI is InChI=1S/C29H23ClNOP/c1-21-12-14-22(15-13-21)27-19-23-18-24(30)16-17-28(23)31-29(27)20-33(32,25-8-4-2-5-9-25)26-10-6-3-7-11-26/h2-19H,20H2,1H3. The summed E-state index contributed by atoms with van der Waals surface area (Å²) in [7, 11) is -2.98. The van der Waals surface area contributed by atoms with Crippen LogP contribution in [0, 0.1) is 6.92 Å². The molecule has 1 aromatic heterocycles. The number of aromatic nitrogens is 1. The molecule has 1 heterocycles. The third-order valence-corrected chi connectivity index (χ3v) is 9.18. The molecular formula is C29H23ClNOP. The maximum Gasteiger partial charge on any atom is 0.149 e. The van der Waals surface area contributed by atoms with Gasteiger partial charge in [-0.25, -0.2) is 0 Å². The maximum absolute atomic E-state index is 14.8. The van der Waals surface area contributed by atoms with Gasteiger partial charge in [-0.05, 0) is 36.8 Å². The van der Waals surface area contributed by atoms with Crippen LogP contribution in [0.5, 0.6) is 0 Å². The molecule has 0 spiro atoms. The van der Waals surface area contributed by atoms with Gasteiger partial charge < -0.3 is 4.57 Å². The summed E-state index contributed by atoms with van der Waals surface area (Å²) in [5, 5.41) is 3.32. The molecule has 0 atom stereocenters. The van der Waals surface area contributed by atoms with E-state index in [0.29, 0.717) is 11.2 Å². The van der Waals surface area contributed by atoms with Gasteiger partial charge in [0.2, 0.25) is 0 Å². The number of hydrogen-bond donors (Lipinski definition) is 0. The summed E-state index contributed by atoms with van der Waals surface area (Å²) >= 11 is 6.27. The van der Waals surface area contributed by atoms with Crippen molar-refractivity contribution in [1.82, 2.24) is 4.98 Å². The lowest BCUT2D eigenvalue weighted by atomic mass is 10.0. The first kappa shape index (κ1) is 21.6. The van der Waals surface area contributed by atoms with Gasteiger partial charge >= 0.3 is 0 Å². The Hall–Kier alpha value is -3.19. The summed E-state index contributed by atoms with van der Waals surface area (Å²) < 4.78 is 14.8. The van der Waals surface area contributed by atoms with E-state index in [1.54, 1.807) is 0 Å². The Balaban J connectivity index is 1.74. The summed E-state index contributed by atoms with van der Waals surface area (Å²) in [4.78, 5) is 5.02. The lowest BCUT2D eigenvalue weighted by Crippen LogP contribution is -2.18. The summed E-state index contributed by atoms with van der Waals surface area (Å²) in [6, 6.07) is 35.7. The van der Waals surface area contributed by atoms with E-state index in [-0.39, 0.29) is 0 Å². The third kappa shape index (κ3) is 4.37. The average molecular weight is 468 g/mol. The largest absolute Gasteiger partial charge is 0.313 e. The fourth-order valence-corrected chi connectivity index (χ4v) is 6.99. The highest BCUT2D eigenvalue weighted by Gasteiger charge is 2.29. The minimum absolute atomic E-state index is 0.336. The highest BCUT2D eigenvalue weighted by atomic mass is 35.5. The number of pyridine rings is 1. The molecule has 0 fully saturated rings. The molecule has 162 valence electrons. The molecular weight excluding hydrogens is 445 g/mol. The zero-order valence-corrected chi connectivity index (χ0v) is 19.9. The molecule has 33 heavy (non-hydrogen) atoms. The van der Waals surface area contributed by atoms with Crippen LogP contribution >= 0.6 is 18.7 Å². The second kappa shape index (κ2) is 8.98. The van der Waals surface area contributed by atoms with Crippen LogP contribution in [0.2, 0.25) is 5.02 Å². The van der Waals surface area contributed by atoms with Gasteiger partial charge in [0, 0.05) is 26.6 Å². The Labute approximate surface area is 199 Å². The van der Waals surface area contributed by atoms with Crippen molar-refractivity contribution in [2.24, 2.45) is 0 Å². The van der Waals surface area contributed by atoms with E-state index in [1.807, 2.05) is 78.9 Å². The molecule has 0 saturated heterocycles. The van der Waals surface area contributed by atoms with E-state index in [4.69, 9.17) is 16.6 Å². The molecule has 4 heteroatoms. The van der Waals surface area contributed by atoms with Crippen molar-refractivity contribution in [2.75, 3.05) is 0 Å². The predicted octanol–water partition coefficient (Wildman–Crippen LogP) is 7.38. The minimum atomic E-state index is -2.98. The van der Waals surface area contributed by atoms with Gasteiger partial charge in [-0.1, -0.05) is 102 Å². The van der Waals surface area contributed by atoms with Crippen molar-refractivity contribution in [1.29, 1.82) is 0 Å². The van der Waals surface area contributed by atoms with Crippen molar-refractivity contribution >= 4 is 40.3 Å². The zero-order chi connectivity index (χ0) is 22.8. The van der Waals surface area contributed by atoms with Gasteiger partial charge in [0.15, 0.2) is 0 Å². The van der Waals surface area contributed by atoms with E-state index in [9.17, 15) is 4.57 Å². The van der Waals surface area contributed by atoms with Crippen LogP contribution in [0.3, 0.4) is 0 Å². The SMILES string of the molecule is Cc1ccc(-c2cc3cc(Cl)ccc3nc2CP(=O)(c2ccccc2)c2ccccc2)cc1. The van der Waals surface area contributed by atoms with Gasteiger partial charge in [0.25, 0.3) is 0 Å². The number of rotatable bonds is 5. The quantitative estimate of drug-likeness (QED) is 0.252. The van der Waals surface area contributed by atoms with Gasteiger partial charge in [0.05, 0.1) is 17.4 Å². The molecule has 0 radical (unpaired) electrons. The van der Waals surface area contributed by atoms with Gasteiger partial charge in [-0.2, -0.15) is 0 Å². The first-order chi connectivity index (χ1) is 16.0. The first-order valence-corrected chi connectivity index (χ1v) is 13.2. The lowest BCUT2D eigenvalue weighted by Gasteiger charge is -2.21. The van der Waals surface area contributed by atoms with Crippen LogP contribution in [-0.4, -0.2) is 4.98 Å². The number of benzene rings is 4. The molecule has 5 rings (SSSR count). The predicted molar refractivity (Wildman–Crippen MR) is 140 cm³/mol. The highest BCUT2D eigenvalue weighted by Crippen LogP contribution is 2.48. The molecule has 0 amide bonds. The van der Waals surface area contributed by atoms with Crippen LogP contribution in [0.25, 0.3) is 22.0 Å². The van der Waals surface area contributed by atoms with E-state index in [1.165, 1.54) is 5.56 Å². The van der Waals surface area contributed by atoms with Crippen molar-refractivity contribution in [2.45, 2.75) is 13.1 Å². The van der Waals surface area contributed by atoms with E-state index in [2.05, 4.69) is 37.3 Å². The maximum atomic E-state index is 14.8. The molecule has 2 nitrogen and oxygen atoms in total. The Morgan fingerprint density at radius 2 is 1.36 bits per heavy atom. The second-order valence-electron chi connectivity index (χ2n) is 8.25. The van der Waals surface area contributed by atoms with Crippen molar-refractivity contribution in [3.8, 4) is 11.1 Å². The Morgan fingerprint density at radius 1 is 0.758 bits per heavy atom. The first-order valence-electron chi connectivity index (χ1n) is 10.9. The number of hydrogen-bond acceptors (Lipinski definition) is 2. The number of aryl methyl sites for hydroxylation is 1. The molecule has 0 aliphatic heterocycles. The fraction of sp³-hybridized carbons (Fsp3) is 0.0690. The molecule has 0 aliphatic carbocycles. The van der Waals surface area contributed by atoms with Crippen LogP contribution in [0.4, 0.5) is 0 Å². The van der Waals surface area contributed by atoms with E-state index < -0.39 is 7.14 Å². The summed E-state index contributed by atoms with van der Waals surface area (Å²) in [6.45, 7) is 2.07. The number of fused-ring (bicyclic) bond motifs is 1. The number of halogens is 1. The van der Waals surface area contributed by atoms with Crippen molar-refractivity contribution < 1.29 is 4.57 Å². The molecule has 0 N–H and O–H groups in total. The van der Waals surface area contributed by atoms with Crippen LogP contribution in [0.15, 0.2) is 109 Å². The Bertz CT molecular complexity index is 1420. The minimum Gasteiger partial charge on any atom is -0.313 e. The van der Waals surface area contributed by atoms with Crippen LogP contribution in [-0.2, 0) is 10.7 Å². The molecule has 0 unspecified atom stereocenters. The molecule has 0 bridgehead atoms. The summed E-state index contributed by atoms with van der Waals surface area (Å²) in [6.07, 6.45) is 0.336. The normalized spacial score (nSPS) is 11.6. The third-order valence-electron chi connectivity index (χ3n) is 5.94. The average Bonchev–Trinajstić information content (AvgIpc) is 2.85.